The van der Waals surface area contributed by atoms with Crippen LogP contribution in [0.3, 0.4) is 0 Å². The summed E-state index contributed by atoms with van der Waals surface area (Å²) in [5, 5.41) is 6.14. The highest BCUT2D eigenvalue weighted by atomic mass is 19.1. The third-order valence-electron chi connectivity index (χ3n) is 4.42. The molecule has 1 aliphatic rings. The van der Waals surface area contributed by atoms with Gasteiger partial charge in [-0.15, -0.1) is 0 Å². The standard InChI is InChI=1S/C20H31F2N5O2/c1-20(2,3)29-19(28)27-11-9-26(10-12-27)8-7-24-18(23-4)25-14-15-13-16(21)5-6-17(15)22/h5-6,13H,7-12,14H2,1-4H3,(H2,23,24,25). The third kappa shape index (κ3) is 7.84. The number of aliphatic imine (C=N–C) groups is 1. The Kier molecular flexibility index (Phi) is 8.19. The molecule has 0 unspecified atom stereocenters. The van der Waals surface area contributed by atoms with Crippen molar-refractivity contribution in [3.63, 3.8) is 0 Å². The van der Waals surface area contributed by atoms with E-state index < -0.39 is 17.2 Å². The lowest BCUT2D eigenvalue weighted by atomic mass is 10.2. The molecule has 9 heteroatoms. The highest BCUT2D eigenvalue weighted by Gasteiger charge is 2.25. The zero-order valence-corrected chi connectivity index (χ0v) is 17.6. The molecule has 0 bridgehead atoms. The van der Waals surface area contributed by atoms with E-state index in [2.05, 4.69) is 20.5 Å². The molecule has 1 aliphatic heterocycles. The van der Waals surface area contributed by atoms with Crippen LogP contribution in [0.25, 0.3) is 0 Å². The van der Waals surface area contributed by atoms with Gasteiger partial charge in [-0.3, -0.25) is 9.89 Å². The van der Waals surface area contributed by atoms with E-state index in [0.29, 0.717) is 25.6 Å². The van der Waals surface area contributed by atoms with Gasteiger partial charge >= 0.3 is 6.09 Å². The van der Waals surface area contributed by atoms with Crippen molar-refractivity contribution in [2.24, 2.45) is 4.99 Å². The summed E-state index contributed by atoms with van der Waals surface area (Å²) in [4.78, 5) is 20.2. The summed E-state index contributed by atoms with van der Waals surface area (Å²) >= 11 is 0. The molecule has 0 saturated carbocycles. The molecule has 0 atom stereocenters. The van der Waals surface area contributed by atoms with Crippen LogP contribution in [0.1, 0.15) is 26.3 Å². The number of benzene rings is 1. The Morgan fingerprint density at radius 1 is 1.17 bits per heavy atom. The number of carbonyl (C=O) groups is 1. The minimum Gasteiger partial charge on any atom is -0.444 e. The van der Waals surface area contributed by atoms with Crippen LogP contribution >= 0.6 is 0 Å². The summed E-state index contributed by atoms with van der Waals surface area (Å²) in [6, 6.07) is 3.37. The van der Waals surface area contributed by atoms with Crippen molar-refractivity contribution in [3.8, 4) is 0 Å². The SMILES string of the molecule is CN=C(NCCN1CCN(C(=O)OC(C)(C)C)CC1)NCc1cc(F)ccc1F. The van der Waals surface area contributed by atoms with E-state index in [-0.39, 0.29) is 18.2 Å². The average Bonchev–Trinajstić information content (AvgIpc) is 2.66. The van der Waals surface area contributed by atoms with Gasteiger partial charge in [-0.2, -0.15) is 0 Å². The van der Waals surface area contributed by atoms with Gasteiger partial charge in [0.1, 0.15) is 17.2 Å². The van der Waals surface area contributed by atoms with Crippen LogP contribution in [0.4, 0.5) is 13.6 Å². The minimum atomic E-state index is -0.491. The van der Waals surface area contributed by atoms with Crippen molar-refractivity contribution >= 4 is 12.1 Å². The Morgan fingerprint density at radius 3 is 2.48 bits per heavy atom. The summed E-state index contributed by atoms with van der Waals surface area (Å²) in [5.74, 6) is -0.421. The predicted molar refractivity (Wildman–Crippen MR) is 109 cm³/mol. The second kappa shape index (κ2) is 10.4. The van der Waals surface area contributed by atoms with Crippen LogP contribution in [0, 0.1) is 11.6 Å². The molecular formula is C20H31F2N5O2. The van der Waals surface area contributed by atoms with Crippen LogP contribution in [-0.4, -0.2) is 73.8 Å². The molecule has 1 heterocycles. The number of hydrogen-bond donors (Lipinski definition) is 2. The largest absolute Gasteiger partial charge is 0.444 e. The zero-order chi connectivity index (χ0) is 21.4. The van der Waals surface area contributed by atoms with Gasteiger partial charge in [-0.1, -0.05) is 0 Å². The van der Waals surface area contributed by atoms with Crippen molar-refractivity contribution in [1.82, 2.24) is 20.4 Å². The summed E-state index contributed by atoms with van der Waals surface area (Å²) in [6.07, 6.45) is -0.274. The molecule has 29 heavy (non-hydrogen) atoms. The second-order valence-electron chi connectivity index (χ2n) is 7.90. The summed E-state index contributed by atoms with van der Waals surface area (Å²) < 4.78 is 32.3. The highest BCUT2D eigenvalue weighted by Crippen LogP contribution is 2.12. The Bertz CT molecular complexity index is 713. The zero-order valence-electron chi connectivity index (χ0n) is 17.6. The number of nitrogens with one attached hydrogen (secondary N) is 2. The van der Waals surface area contributed by atoms with Gasteiger partial charge in [0.2, 0.25) is 0 Å². The van der Waals surface area contributed by atoms with E-state index in [9.17, 15) is 13.6 Å². The van der Waals surface area contributed by atoms with Crippen LogP contribution in [0.15, 0.2) is 23.2 Å². The van der Waals surface area contributed by atoms with Gasteiger partial charge in [0.05, 0.1) is 0 Å². The average molecular weight is 411 g/mol. The van der Waals surface area contributed by atoms with Crippen molar-refractivity contribution in [3.05, 3.63) is 35.4 Å². The number of nitrogens with zero attached hydrogens (tertiary/aromatic N) is 3. The van der Waals surface area contributed by atoms with Gasteiger partial charge in [0.15, 0.2) is 5.96 Å². The predicted octanol–water partition coefficient (Wildman–Crippen LogP) is 2.18. The van der Waals surface area contributed by atoms with Crippen LogP contribution in [-0.2, 0) is 11.3 Å². The maximum atomic E-state index is 13.7. The number of piperazine rings is 1. The van der Waals surface area contributed by atoms with Gasteiger partial charge in [-0.25, -0.2) is 13.6 Å². The fraction of sp³-hybridized carbons (Fsp3) is 0.600. The number of guanidine groups is 1. The Hall–Kier alpha value is -2.42. The number of hydrogen-bond acceptors (Lipinski definition) is 4. The molecular weight excluding hydrogens is 380 g/mol. The summed E-state index contributed by atoms with van der Waals surface area (Å²) in [5.41, 5.74) is -0.249. The molecule has 1 aromatic carbocycles. The smallest absolute Gasteiger partial charge is 0.410 e. The van der Waals surface area contributed by atoms with E-state index in [1.165, 1.54) is 6.07 Å². The molecule has 162 valence electrons. The number of halogens is 2. The molecule has 0 aromatic heterocycles. The first-order valence-corrected chi connectivity index (χ1v) is 9.76. The highest BCUT2D eigenvalue weighted by molar-refractivity contribution is 5.79. The van der Waals surface area contributed by atoms with Crippen LogP contribution in [0.5, 0.6) is 0 Å². The van der Waals surface area contributed by atoms with Gasteiger partial charge in [0.25, 0.3) is 0 Å². The molecule has 0 aliphatic carbocycles. The molecule has 0 spiro atoms. The number of carbonyl (C=O) groups excluding carboxylic acids is 1. The molecule has 1 fully saturated rings. The topological polar surface area (TPSA) is 69.2 Å². The molecule has 7 nitrogen and oxygen atoms in total. The number of rotatable bonds is 5. The summed E-state index contributed by atoms with van der Waals surface area (Å²) in [7, 11) is 1.62. The Morgan fingerprint density at radius 2 is 1.86 bits per heavy atom. The minimum absolute atomic E-state index is 0.137. The van der Waals surface area contributed by atoms with Crippen molar-refractivity contribution in [2.75, 3.05) is 46.3 Å². The number of amides is 1. The summed E-state index contributed by atoms with van der Waals surface area (Å²) in [6.45, 7) is 9.90. The normalized spacial score (nSPS) is 15.9. The molecule has 1 amide bonds. The lowest BCUT2D eigenvalue weighted by Gasteiger charge is -2.35. The maximum Gasteiger partial charge on any atom is 0.410 e. The third-order valence-corrected chi connectivity index (χ3v) is 4.42. The van der Waals surface area contributed by atoms with Crippen molar-refractivity contribution in [2.45, 2.75) is 32.9 Å². The Balaban J connectivity index is 1.69. The van der Waals surface area contributed by atoms with E-state index in [4.69, 9.17) is 4.74 Å². The first-order chi connectivity index (χ1) is 13.7. The van der Waals surface area contributed by atoms with E-state index in [0.717, 1.165) is 31.8 Å². The lowest BCUT2D eigenvalue weighted by molar-refractivity contribution is 0.0147. The van der Waals surface area contributed by atoms with Crippen LogP contribution < -0.4 is 10.6 Å². The first kappa shape index (κ1) is 22.9. The van der Waals surface area contributed by atoms with Crippen molar-refractivity contribution in [1.29, 1.82) is 0 Å². The fourth-order valence-electron chi connectivity index (χ4n) is 2.89. The van der Waals surface area contributed by atoms with E-state index in [1.807, 2.05) is 20.8 Å². The lowest BCUT2D eigenvalue weighted by Crippen LogP contribution is -2.51. The maximum absolute atomic E-state index is 13.7. The van der Waals surface area contributed by atoms with E-state index in [1.54, 1.807) is 11.9 Å². The Labute approximate surface area is 171 Å². The first-order valence-electron chi connectivity index (χ1n) is 9.76. The van der Waals surface area contributed by atoms with Crippen LogP contribution in [0.2, 0.25) is 0 Å². The quantitative estimate of drug-likeness (QED) is 0.574. The van der Waals surface area contributed by atoms with Crippen molar-refractivity contribution < 1.29 is 18.3 Å². The molecule has 1 aromatic rings. The van der Waals surface area contributed by atoms with E-state index >= 15 is 0 Å². The van der Waals surface area contributed by atoms with Gasteiger partial charge < -0.3 is 20.3 Å². The fourth-order valence-corrected chi connectivity index (χ4v) is 2.89. The molecule has 2 rings (SSSR count). The molecule has 0 radical (unpaired) electrons. The van der Waals surface area contributed by atoms with Gasteiger partial charge in [0, 0.05) is 58.4 Å². The monoisotopic (exact) mass is 411 g/mol. The molecule has 1 saturated heterocycles. The second-order valence-corrected chi connectivity index (χ2v) is 7.90. The van der Waals surface area contributed by atoms with Gasteiger partial charge in [-0.05, 0) is 39.0 Å². The molecule has 2 N–H and O–H groups in total. The number of ether oxygens (including phenoxy) is 1.